The highest BCUT2D eigenvalue weighted by Gasteiger charge is 2.15. The average molecular weight is 270 g/mol. The molecule has 0 heterocycles. The first-order valence-corrected chi connectivity index (χ1v) is 6.90. The lowest BCUT2D eigenvalue weighted by Crippen LogP contribution is -2.38. The van der Waals surface area contributed by atoms with E-state index in [0.717, 1.165) is 18.0 Å². The largest absolute Gasteiger partial charge is 0.374 e. The highest BCUT2D eigenvalue weighted by Crippen LogP contribution is 2.14. The standard InChI is InChI=1S/C15H24ClNO/c1-5-17-14(11-18-15(2,3)4)10-12-7-6-8-13(16)9-12/h6-9,14,17H,5,10-11H2,1-4H3. The molecule has 0 fully saturated rings. The third kappa shape index (κ3) is 6.39. The monoisotopic (exact) mass is 269 g/mol. The van der Waals surface area contributed by atoms with Crippen LogP contribution in [0.5, 0.6) is 0 Å². The fourth-order valence-corrected chi connectivity index (χ4v) is 1.99. The van der Waals surface area contributed by atoms with Gasteiger partial charge in [0.05, 0.1) is 12.2 Å². The van der Waals surface area contributed by atoms with Crippen LogP contribution in [0.1, 0.15) is 33.3 Å². The molecule has 1 aromatic rings. The van der Waals surface area contributed by atoms with E-state index in [9.17, 15) is 0 Å². The van der Waals surface area contributed by atoms with Crippen LogP contribution in [0.15, 0.2) is 24.3 Å². The van der Waals surface area contributed by atoms with Crippen molar-refractivity contribution in [3.63, 3.8) is 0 Å². The molecule has 0 saturated carbocycles. The summed E-state index contributed by atoms with van der Waals surface area (Å²) in [6.07, 6.45) is 0.935. The Hall–Kier alpha value is -0.570. The van der Waals surface area contributed by atoms with Crippen LogP contribution in [0, 0.1) is 0 Å². The second-order valence-electron chi connectivity index (χ2n) is 5.51. The van der Waals surface area contributed by atoms with Gasteiger partial charge in [0.1, 0.15) is 0 Å². The van der Waals surface area contributed by atoms with Crippen LogP contribution >= 0.6 is 11.6 Å². The van der Waals surface area contributed by atoms with Crippen molar-refractivity contribution in [2.75, 3.05) is 13.2 Å². The summed E-state index contributed by atoms with van der Waals surface area (Å²) in [7, 11) is 0. The highest BCUT2D eigenvalue weighted by atomic mass is 35.5. The van der Waals surface area contributed by atoms with Gasteiger partial charge in [-0.25, -0.2) is 0 Å². The maximum absolute atomic E-state index is 6.00. The molecule has 1 rings (SSSR count). The Kier molecular flexibility index (Phi) is 6.13. The smallest absolute Gasteiger partial charge is 0.0629 e. The van der Waals surface area contributed by atoms with E-state index in [1.807, 2.05) is 18.2 Å². The molecule has 0 amide bonds. The Morgan fingerprint density at radius 3 is 2.61 bits per heavy atom. The van der Waals surface area contributed by atoms with Crippen molar-refractivity contribution in [3.8, 4) is 0 Å². The Morgan fingerprint density at radius 1 is 1.33 bits per heavy atom. The SMILES string of the molecule is CCNC(COC(C)(C)C)Cc1cccc(Cl)c1. The molecule has 1 unspecified atom stereocenters. The topological polar surface area (TPSA) is 21.3 Å². The van der Waals surface area contributed by atoms with Crippen LogP contribution in [0.25, 0.3) is 0 Å². The quantitative estimate of drug-likeness (QED) is 0.851. The zero-order valence-corrected chi connectivity index (χ0v) is 12.6. The molecular weight excluding hydrogens is 246 g/mol. The van der Waals surface area contributed by atoms with Crippen LogP contribution in [-0.2, 0) is 11.2 Å². The van der Waals surface area contributed by atoms with Gasteiger partial charge in [0.15, 0.2) is 0 Å². The molecule has 2 nitrogen and oxygen atoms in total. The Labute approximate surface area is 116 Å². The molecule has 0 saturated heterocycles. The highest BCUT2D eigenvalue weighted by molar-refractivity contribution is 6.30. The molecule has 0 aromatic heterocycles. The van der Waals surface area contributed by atoms with Crippen LogP contribution in [0.3, 0.4) is 0 Å². The normalized spacial score (nSPS) is 13.6. The van der Waals surface area contributed by atoms with Gasteiger partial charge in [0.2, 0.25) is 0 Å². The predicted octanol–water partition coefficient (Wildman–Crippen LogP) is 3.68. The van der Waals surface area contributed by atoms with Crippen LogP contribution < -0.4 is 5.32 Å². The molecular formula is C15H24ClNO. The van der Waals surface area contributed by atoms with E-state index in [-0.39, 0.29) is 5.60 Å². The Bertz CT molecular complexity index is 360. The summed E-state index contributed by atoms with van der Waals surface area (Å²) in [5, 5.41) is 4.25. The van der Waals surface area contributed by atoms with E-state index < -0.39 is 0 Å². The molecule has 1 atom stereocenters. The maximum Gasteiger partial charge on any atom is 0.0629 e. The molecule has 18 heavy (non-hydrogen) atoms. The minimum absolute atomic E-state index is 0.0952. The number of benzene rings is 1. The van der Waals surface area contributed by atoms with Crippen molar-refractivity contribution >= 4 is 11.6 Å². The van der Waals surface area contributed by atoms with Gasteiger partial charge in [-0.3, -0.25) is 0 Å². The fourth-order valence-electron chi connectivity index (χ4n) is 1.78. The van der Waals surface area contributed by atoms with Crippen LogP contribution in [-0.4, -0.2) is 24.8 Å². The molecule has 0 bridgehead atoms. The van der Waals surface area contributed by atoms with Gasteiger partial charge in [0.25, 0.3) is 0 Å². The minimum Gasteiger partial charge on any atom is -0.374 e. The first kappa shape index (κ1) is 15.5. The summed E-state index contributed by atoms with van der Waals surface area (Å²) in [6, 6.07) is 8.34. The summed E-state index contributed by atoms with van der Waals surface area (Å²) in [5.74, 6) is 0. The number of hydrogen-bond donors (Lipinski definition) is 1. The number of hydrogen-bond acceptors (Lipinski definition) is 2. The maximum atomic E-state index is 6.00. The van der Waals surface area contributed by atoms with Crippen molar-refractivity contribution < 1.29 is 4.74 Å². The lowest BCUT2D eigenvalue weighted by Gasteiger charge is -2.25. The van der Waals surface area contributed by atoms with Gasteiger partial charge >= 0.3 is 0 Å². The third-order valence-corrected chi connectivity index (χ3v) is 2.82. The van der Waals surface area contributed by atoms with E-state index in [1.165, 1.54) is 5.56 Å². The zero-order chi connectivity index (χ0) is 13.6. The van der Waals surface area contributed by atoms with Crippen LogP contribution in [0.4, 0.5) is 0 Å². The van der Waals surface area contributed by atoms with Crippen molar-refractivity contribution in [2.45, 2.75) is 45.8 Å². The molecule has 3 heteroatoms. The number of rotatable bonds is 6. The van der Waals surface area contributed by atoms with Crippen molar-refractivity contribution in [1.29, 1.82) is 0 Å². The lowest BCUT2D eigenvalue weighted by molar-refractivity contribution is -0.0141. The third-order valence-electron chi connectivity index (χ3n) is 2.58. The van der Waals surface area contributed by atoms with Crippen molar-refractivity contribution in [2.24, 2.45) is 0 Å². The second kappa shape index (κ2) is 7.13. The minimum atomic E-state index is -0.0952. The second-order valence-corrected chi connectivity index (χ2v) is 5.95. The summed E-state index contributed by atoms with van der Waals surface area (Å²) < 4.78 is 5.85. The average Bonchev–Trinajstić information content (AvgIpc) is 2.25. The van der Waals surface area contributed by atoms with Crippen molar-refractivity contribution in [3.05, 3.63) is 34.9 Å². The fraction of sp³-hybridized carbons (Fsp3) is 0.600. The van der Waals surface area contributed by atoms with Gasteiger partial charge in [-0.15, -0.1) is 0 Å². The Morgan fingerprint density at radius 2 is 2.06 bits per heavy atom. The first-order valence-electron chi connectivity index (χ1n) is 6.52. The van der Waals surface area contributed by atoms with E-state index in [1.54, 1.807) is 0 Å². The lowest BCUT2D eigenvalue weighted by atomic mass is 10.1. The van der Waals surface area contributed by atoms with E-state index in [0.29, 0.717) is 12.6 Å². The Balaban J connectivity index is 2.57. The summed E-state index contributed by atoms with van der Waals surface area (Å²) in [5.41, 5.74) is 1.15. The van der Waals surface area contributed by atoms with Gasteiger partial charge in [-0.2, -0.15) is 0 Å². The van der Waals surface area contributed by atoms with E-state index in [2.05, 4.69) is 39.1 Å². The molecule has 1 N–H and O–H groups in total. The summed E-state index contributed by atoms with van der Waals surface area (Å²) >= 11 is 6.00. The molecule has 0 aliphatic heterocycles. The molecule has 0 radical (unpaired) electrons. The van der Waals surface area contributed by atoms with Gasteiger partial charge in [-0.05, 0) is 51.4 Å². The zero-order valence-electron chi connectivity index (χ0n) is 11.8. The summed E-state index contributed by atoms with van der Waals surface area (Å²) in [4.78, 5) is 0. The number of ether oxygens (including phenoxy) is 1. The number of halogens is 1. The molecule has 1 aromatic carbocycles. The van der Waals surface area contributed by atoms with Gasteiger partial charge in [-0.1, -0.05) is 30.7 Å². The molecule has 0 spiro atoms. The molecule has 0 aliphatic carbocycles. The van der Waals surface area contributed by atoms with Crippen LogP contribution in [0.2, 0.25) is 5.02 Å². The van der Waals surface area contributed by atoms with Gasteiger partial charge in [0, 0.05) is 11.1 Å². The van der Waals surface area contributed by atoms with E-state index >= 15 is 0 Å². The van der Waals surface area contributed by atoms with Gasteiger partial charge < -0.3 is 10.1 Å². The van der Waals surface area contributed by atoms with E-state index in [4.69, 9.17) is 16.3 Å². The summed E-state index contributed by atoms with van der Waals surface area (Å²) in [6.45, 7) is 10.0. The molecule has 102 valence electrons. The first-order chi connectivity index (χ1) is 8.40. The molecule has 0 aliphatic rings. The van der Waals surface area contributed by atoms with Crippen molar-refractivity contribution in [1.82, 2.24) is 5.32 Å². The predicted molar refractivity (Wildman–Crippen MR) is 78.3 cm³/mol. The number of likely N-dealkylation sites (N-methyl/N-ethyl adjacent to an activating group) is 1. The number of nitrogens with one attached hydrogen (secondary N) is 1.